The summed E-state index contributed by atoms with van der Waals surface area (Å²) in [6.07, 6.45) is 2.50. The van der Waals surface area contributed by atoms with Gasteiger partial charge in [-0.2, -0.15) is 5.10 Å². The number of nitrogens with one attached hydrogen (secondary N) is 1. The third kappa shape index (κ3) is 5.14. The van der Waals surface area contributed by atoms with Gasteiger partial charge in [0.2, 0.25) is 0 Å². The summed E-state index contributed by atoms with van der Waals surface area (Å²) < 4.78 is 7.50. The van der Waals surface area contributed by atoms with Crippen LogP contribution in [0.15, 0.2) is 6.33 Å². The minimum atomic E-state index is 0.310. The van der Waals surface area contributed by atoms with E-state index in [-0.39, 0.29) is 0 Å². The zero-order valence-corrected chi connectivity index (χ0v) is 12.0. The number of likely N-dealkylation sites (N-methyl/N-ethyl adjacent to an activating group) is 1. The smallest absolute Gasteiger partial charge is 0.138 e. The number of ether oxygens (including phenoxy) is 1. The quantitative estimate of drug-likeness (QED) is 0.725. The van der Waals surface area contributed by atoms with E-state index in [4.69, 9.17) is 4.74 Å². The van der Waals surface area contributed by atoms with Crippen molar-refractivity contribution in [3.63, 3.8) is 0 Å². The van der Waals surface area contributed by atoms with Crippen LogP contribution in [-0.4, -0.2) is 40.6 Å². The zero-order chi connectivity index (χ0) is 13.4. The monoisotopic (exact) mass is 254 g/mol. The van der Waals surface area contributed by atoms with E-state index in [1.165, 1.54) is 0 Å². The van der Waals surface area contributed by atoms with Gasteiger partial charge in [0.15, 0.2) is 0 Å². The van der Waals surface area contributed by atoms with Crippen molar-refractivity contribution < 1.29 is 4.74 Å². The van der Waals surface area contributed by atoms with Crippen LogP contribution in [0.25, 0.3) is 0 Å². The topological polar surface area (TPSA) is 52.0 Å². The van der Waals surface area contributed by atoms with Crippen molar-refractivity contribution in [1.29, 1.82) is 0 Å². The molecule has 0 aliphatic rings. The van der Waals surface area contributed by atoms with E-state index in [0.29, 0.717) is 12.0 Å². The molecule has 5 heteroatoms. The second-order valence-electron chi connectivity index (χ2n) is 4.87. The lowest BCUT2D eigenvalue weighted by molar-refractivity contribution is 0.122. The molecule has 0 aliphatic heterocycles. The Morgan fingerprint density at radius 3 is 2.78 bits per heavy atom. The number of rotatable bonds is 9. The van der Waals surface area contributed by atoms with Gasteiger partial charge in [-0.3, -0.25) is 0 Å². The van der Waals surface area contributed by atoms with Crippen molar-refractivity contribution in [1.82, 2.24) is 20.1 Å². The molecule has 1 aromatic heterocycles. The maximum atomic E-state index is 5.50. The molecule has 5 nitrogen and oxygen atoms in total. The second-order valence-corrected chi connectivity index (χ2v) is 4.87. The average molecular weight is 254 g/mol. The van der Waals surface area contributed by atoms with E-state index in [2.05, 4.69) is 36.2 Å². The normalized spacial score (nSPS) is 13.2. The highest BCUT2D eigenvalue weighted by atomic mass is 16.5. The van der Waals surface area contributed by atoms with Crippen LogP contribution in [0.4, 0.5) is 0 Å². The molecule has 1 N–H and O–H groups in total. The second kappa shape index (κ2) is 8.21. The highest BCUT2D eigenvalue weighted by molar-refractivity contribution is 4.90. The van der Waals surface area contributed by atoms with Gasteiger partial charge < -0.3 is 10.1 Å². The first-order valence-electron chi connectivity index (χ1n) is 6.85. The number of hydrogen-bond acceptors (Lipinski definition) is 4. The van der Waals surface area contributed by atoms with E-state index in [9.17, 15) is 0 Å². The molecule has 0 spiro atoms. The molecule has 1 unspecified atom stereocenters. The first-order chi connectivity index (χ1) is 8.67. The Kier molecular flexibility index (Phi) is 6.90. The number of hydrogen-bond donors (Lipinski definition) is 1. The van der Waals surface area contributed by atoms with Gasteiger partial charge in [-0.25, -0.2) is 9.67 Å². The van der Waals surface area contributed by atoms with Crippen LogP contribution in [0, 0.1) is 5.92 Å². The van der Waals surface area contributed by atoms with Crippen LogP contribution in [0.1, 0.15) is 33.5 Å². The van der Waals surface area contributed by atoms with Crippen LogP contribution in [-0.2, 0) is 17.7 Å². The van der Waals surface area contributed by atoms with Gasteiger partial charge in [0.25, 0.3) is 0 Å². The van der Waals surface area contributed by atoms with Crippen molar-refractivity contribution in [2.45, 2.75) is 46.7 Å². The van der Waals surface area contributed by atoms with Gasteiger partial charge in [-0.05, 0) is 19.4 Å². The summed E-state index contributed by atoms with van der Waals surface area (Å²) >= 11 is 0. The molecule has 18 heavy (non-hydrogen) atoms. The summed E-state index contributed by atoms with van der Waals surface area (Å²) in [7, 11) is 0. The van der Waals surface area contributed by atoms with Gasteiger partial charge in [-0.15, -0.1) is 0 Å². The summed E-state index contributed by atoms with van der Waals surface area (Å²) in [5.41, 5.74) is 0. The van der Waals surface area contributed by atoms with Gasteiger partial charge in [0, 0.05) is 25.6 Å². The molecule has 1 heterocycles. The Morgan fingerprint density at radius 1 is 1.39 bits per heavy atom. The van der Waals surface area contributed by atoms with Crippen LogP contribution < -0.4 is 5.32 Å². The van der Waals surface area contributed by atoms with Gasteiger partial charge in [-0.1, -0.05) is 20.8 Å². The van der Waals surface area contributed by atoms with E-state index in [1.807, 2.05) is 11.6 Å². The Labute approximate surface area is 110 Å². The highest BCUT2D eigenvalue weighted by Crippen LogP contribution is 2.04. The van der Waals surface area contributed by atoms with E-state index < -0.39 is 0 Å². The van der Waals surface area contributed by atoms with Crippen molar-refractivity contribution in [3.8, 4) is 0 Å². The molecule has 0 amide bonds. The molecule has 0 aromatic carbocycles. The fourth-order valence-corrected chi connectivity index (χ4v) is 1.90. The highest BCUT2D eigenvalue weighted by Gasteiger charge is 2.13. The van der Waals surface area contributed by atoms with Gasteiger partial charge in [0.05, 0.1) is 6.61 Å². The number of aromatic nitrogens is 3. The third-order valence-electron chi connectivity index (χ3n) is 2.68. The van der Waals surface area contributed by atoms with Crippen molar-refractivity contribution >= 4 is 0 Å². The molecular formula is C13H26N4O. The predicted molar refractivity (Wildman–Crippen MR) is 72.5 cm³/mol. The van der Waals surface area contributed by atoms with Crippen LogP contribution >= 0.6 is 0 Å². The first kappa shape index (κ1) is 15.1. The third-order valence-corrected chi connectivity index (χ3v) is 2.68. The summed E-state index contributed by atoms with van der Waals surface area (Å²) in [4.78, 5) is 4.36. The minimum absolute atomic E-state index is 0.310. The molecule has 0 bridgehead atoms. The molecule has 1 rings (SSSR count). The fraction of sp³-hybridized carbons (Fsp3) is 0.846. The molecule has 1 atom stereocenters. The standard InChI is InChI=1S/C13H26N4O/c1-5-14-12(9-18-6-2)7-13-15-10-16-17(13)8-11(3)4/h10-12,14H,5-9H2,1-4H3. The maximum Gasteiger partial charge on any atom is 0.138 e. The van der Waals surface area contributed by atoms with E-state index in [1.54, 1.807) is 6.33 Å². The lowest BCUT2D eigenvalue weighted by atomic mass is 10.2. The van der Waals surface area contributed by atoms with Crippen LogP contribution in [0.3, 0.4) is 0 Å². The predicted octanol–water partition coefficient (Wildman–Crippen LogP) is 1.49. The average Bonchev–Trinajstić information content (AvgIpc) is 2.73. The van der Waals surface area contributed by atoms with Gasteiger partial charge in [0.1, 0.15) is 12.2 Å². The molecular weight excluding hydrogens is 228 g/mol. The Bertz CT molecular complexity index is 325. The summed E-state index contributed by atoms with van der Waals surface area (Å²) in [6, 6.07) is 0.310. The lowest BCUT2D eigenvalue weighted by Crippen LogP contribution is -2.36. The van der Waals surface area contributed by atoms with E-state index >= 15 is 0 Å². The SMILES string of the molecule is CCNC(COCC)Cc1ncnn1CC(C)C. The molecule has 0 fully saturated rings. The molecule has 0 saturated heterocycles. The zero-order valence-electron chi connectivity index (χ0n) is 12.0. The number of nitrogens with zero attached hydrogens (tertiary/aromatic N) is 3. The fourth-order valence-electron chi connectivity index (χ4n) is 1.90. The molecule has 0 aliphatic carbocycles. The summed E-state index contributed by atoms with van der Waals surface area (Å²) in [5.74, 6) is 1.62. The molecule has 0 saturated carbocycles. The van der Waals surface area contributed by atoms with Crippen LogP contribution in [0.2, 0.25) is 0 Å². The van der Waals surface area contributed by atoms with Gasteiger partial charge >= 0.3 is 0 Å². The molecule has 0 radical (unpaired) electrons. The van der Waals surface area contributed by atoms with E-state index in [0.717, 1.165) is 38.5 Å². The minimum Gasteiger partial charge on any atom is -0.380 e. The lowest BCUT2D eigenvalue weighted by Gasteiger charge is -2.18. The Morgan fingerprint density at radius 2 is 2.17 bits per heavy atom. The van der Waals surface area contributed by atoms with Crippen molar-refractivity contribution in [2.24, 2.45) is 5.92 Å². The Hall–Kier alpha value is -0.940. The van der Waals surface area contributed by atoms with Crippen molar-refractivity contribution in [2.75, 3.05) is 19.8 Å². The summed E-state index contributed by atoms with van der Waals surface area (Å²) in [6.45, 7) is 11.8. The van der Waals surface area contributed by atoms with Crippen molar-refractivity contribution in [3.05, 3.63) is 12.2 Å². The molecule has 104 valence electrons. The summed E-state index contributed by atoms with van der Waals surface area (Å²) in [5, 5.41) is 7.72. The Balaban J connectivity index is 2.59. The molecule has 1 aromatic rings. The largest absolute Gasteiger partial charge is 0.380 e. The van der Waals surface area contributed by atoms with Crippen LogP contribution in [0.5, 0.6) is 0 Å². The maximum absolute atomic E-state index is 5.50. The first-order valence-corrected chi connectivity index (χ1v) is 6.85.